The number of para-hydroxylation sites is 1. The largest absolute Gasteiger partial charge is 0.494 e. The van der Waals surface area contributed by atoms with Crippen molar-refractivity contribution in [2.24, 2.45) is 10.1 Å². The molecule has 3 heterocycles. The molecule has 2 aromatic carbocycles. The Labute approximate surface area is 185 Å². The number of ether oxygens (including phenoxy) is 1. The van der Waals surface area contributed by atoms with Gasteiger partial charge in [-0.25, -0.2) is 4.99 Å². The molecule has 2 aliphatic heterocycles. The molecule has 0 amide bonds. The Bertz CT molecular complexity index is 1250. The van der Waals surface area contributed by atoms with E-state index in [4.69, 9.17) is 14.6 Å². The molecular formula is C24H23N5O3. The number of H-pyrrole nitrogens is 1. The van der Waals surface area contributed by atoms with Gasteiger partial charge in [0.25, 0.3) is 0 Å². The molecule has 3 aromatic rings. The van der Waals surface area contributed by atoms with E-state index in [0.29, 0.717) is 34.5 Å². The van der Waals surface area contributed by atoms with E-state index in [1.165, 1.54) is 0 Å². The molecule has 1 saturated heterocycles. The summed E-state index contributed by atoms with van der Waals surface area (Å²) in [6, 6.07) is 15.1. The molecule has 32 heavy (non-hydrogen) atoms. The van der Waals surface area contributed by atoms with Crippen LogP contribution in [0.2, 0.25) is 0 Å². The fourth-order valence-corrected chi connectivity index (χ4v) is 4.11. The lowest BCUT2D eigenvalue weighted by Crippen LogP contribution is -2.37. The van der Waals surface area contributed by atoms with Crippen molar-refractivity contribution in [2.45, 2.75) is 6.42 Å². The van der Waals surface area contributed by atoms with Crippen molar-refractivity contribution in [1.29, 1.82) is 5.26 Å². The van der Waals surface area contributed by atoms with Crippen molar-refractivity contribution in [3.63, 3.8) is 0 Å². The molecule has 0 aliphatic carbocycles. The van der Waals surface area contributed by atoms with Crippen molar-refractivity contribution in [2.75, 3.05) is 39.5 Å². The quantitative estimate of drug-likeness (QED) is 0.462. The average Bonchev–Trinajstić information content (AvgIpc) is 3.35. The van der Waals surface area contributed by atoms with E-state index in [0.717, 1.165) is 56.0 Å². The number of fused-ring (bicyclic) bond motifs is 2. The Balaban J connectivity index is 1.42. The average molecular weight is 429 g/mol. The van der Waals surface area contributed by atoms with E-state index < -0.39 is 0 Å². The Hall–Kier alpha value is -3.67. The highest BCUT2D eigenvalue weighted by molar-refractivity contribution is 6.58. The standard InChI is InChI=1S/C24H23N5O3/c25-15-16-6-7-20-18(14-16)21(24(30)27-20)23-22(17-4-1-2-5-19(17)26-23)28-32-11-3-8-29-9-12-31-13-10-29/h1-2,4-7,14,27,30H,3,8-13H2/b28-22+. The van der Waals surface area contributed by atoms with Crippen molar-refractivity contribution in [3.05, 3.63) is 59.2 Å². The summed E-state index contributed by atoms with van der Waals surface area (Å²) in [7, 11) is 0. The summed E-state index contributed by atoms with van der Waals surface area (Å²) in [6.07, 6.45) is 0.856. The van der Waals surface area contributed by atoms with Crippen molar-refractivity contribution in [3.8, 4) is 11.9 Å². The van der Waals surface area contributed by atoms with Crippen LogP contribution in [0.4, 0.5) is 5.69 Å². The van der Waals surface area contributed by atoms with Crippen molar-refractivity contribution < 1.29 is 14.7 Å². The van der Waals surface area contributed by atoms with Crippen LogP contribution in [0.3, 0.4) is 0 Å². The second kappa shape index (κ2) is 8.83. The third kappa shape index (κ3) is 3.84. The molecule has 162 valence electrons. The van der Waals surface area contributed by atoms with Gasteiger partial charge >= 0.3 is 0 Å². The summed E-state index contributed by atoms with van der Waals surface area (Å²) in [5, 5.41) is 25.1. The lowest BCUT2D eigenvalue weighted by Gasteiger charge is -2.26. The zero-order chi connectivity index (χ0) is 21.9. The van der Waals surface area contributed by atoms with Crippen molar-refractivity contribution >= 4 is 28.0 Å². The molecule has 0 radical (unpaired) electrons. The molecule has 0 atom stereocenters. The molecule has 2 aliphatic rings. The fourth-order valence-electron chi connectivity index (χ4n) is 4.11. The molecule has 1 aromatic heterocycles. The first-order valence-electron chi connectivity index (χ1n) is 10.7. The third-order valence-corrected chi connectivity index (χ3v) is 5.73. The summed E-state index contributed by atoms with van der Waals surface area (Å²) < 4.78 is 5.38. The SMILES string of the molecule is N#Cc1ccc2[nH]c(O)c(C3=Nc4ccccc4/C3=N\OCCCN3CCOCC3)c2c1. The minimum atomic E-state index is -0.0123. The van der Waals surface area contributed by atoms with Gasteiger partial charge in [-0.2, -0.15) is 5.26 Å². The van der Waals surface area contributed by atoms with Gasteiger partial charge in [0.15, 0.2) is 5.88 Å². The number of aromatic amines is 1. The Morgan fingerprint density at radius 1 is 1.22 bits per heavy atom. The monoisotopic (exact) mass is 429 g/mol. The number of hydrogen-bond donors (Lipinski definition) is 2. The molecule has 8 nitrogen and oxygen atoms in total. The van der Waals surface area contributed by atoms with Crippen LogP contribution in [0.5, 0.6) is 5.88 Å². The van der Waals surface area contributed by atoms with Gasteiger partial charge in [-0.1, -0.05) is 23.4 Å². The molecule has 0 spiro atoms. The predicted molar refractivity (Wildman–Crippen MR) is 122 cm³/mol. The minimum Gasteiger partial charge on any atom is -0.494 e. The summed E-state index contributed by atoms with van der Waals surface area (Å²) in [5.41, 5.74) is 4.46. The molecule has 8 heteroatoms. The van der Waals surface area contributed by atoms with Crippen LogP contribution in [0.25, 0.3) is 10.9 Å². The van der Waals surface area contributed by atoms with E-state index in [1.807, 2.05) is 24.3 Å². The maximum Gasteiger partial charge on any atom is 0.199 e. The molecule has 0 bridgehead atoms. The van der Waals surface area contributed by atoms with Crippen LogP contribution in [-0.4, -0.2) is 65.9 Å². The fraction of sp³-hybridized carbons (Fsp3) is 0.292. The van der Waals surface area contributed by atoms with Gasteiger partial charge in [-0.05, 0) is 30.7 Å². The number of oxime groups is 1. The highest BCUT2D eigenvalue weighted by Gasteiger charge is 2.29. The second-order valence-electron chi connectivity index (χ2n) is 7.78. The highest BCUT2D eigenvalue weighted by Crippen LogP contribution is 2.36. The van der Waals surface area contributed by atoms with Gasteiger partial charge in [0.05, 0.1) is 36.1 Å². The third-order valence-electron chi connectivity index (χ3n) is 5.73. The normalized spacial score (nSPS) is 17.3. The van der Waals surface area contributed by atoms with Crippen LogP contribution in [0.15, 0.2) is 52.6 Å². The number of nitriles is 1. The molecule has 5 rings (SSSR count). The van der Waals surface area contributed by atoms with Gasteiger partial charge < -0.3 is 19.7 Å². The lowest BCUT2D eigenvalue weighted by molar-refractivity contribution is 0.0323. The lowest BCUT2D eigenvalue weighted by atomic mass is 10.0. The zero-order valence-corrected chi connectivity index (χ0v) is 17.5. The van der Waals surface area contributed by atoms with Crippen LogP contribution in [0.1, 0.15) is 23.1 Å². The van der Waals surface area contributed by atoms with Crippen LogP contribution in [0, 0.1) is 11.3 Å². The van der Waals surface area contributed by atoms with Gasteiger partial charge in [0.2, 0.25) is 0 Å². The number of aromatic hydroxyl groups is 1. The van der Waals surface area contributed by atoms with E-state index >= 15 is 0 Å². The minimum absolute atomic E-state index is 0.0123. The van der Waals surface area contributed by atoms with E-state index in [1.54, 1.807) is 18.2 Å². The smallest absolute Gasteiger partial charge is 0.199 e. The number of nitrogens with one attached hydrogen (secondary N) is 1. The first kappa shape index (κ1) is 20.2. The van der Waals surface area contributed by atoms with Crippen LogP contribution >= 0.6 is 0 Å². The zero-order valence-electron chi connectivity index (χ0n) is 17.5. The van der Waals surface area contributed by atoms with Gasteiger partial charge in [0, 0.05) is 36.1 Å². The Morgan fingerprint density at radius 2 is 2.06 bits per heavy atom. The second-order valence-corrected chi connectivity index (χ2v) is 7.78. The number of morpholine rings is 1. The predicted octanol–water partition coefficient (Wildman–Crippen LogP) is 3.32. The summed E-state index contributed by atoms with van der Waals surface area (Å²) in [4.78, 5) is 15.8. The van der Waals surface area contributed by atoms with Gasteiger partial charge in [-0.3, -0.25) is 4.90 Å². The maximum absolute atomic E-state index is 10.7. The Morgan fingerprint density at radius 3 is 2.91 bits per heavy atom. The molecule has 0 unspecified atom stereocenters. The summed E-state index contributed by atoms with van der Waals surface area (Å²) >= 11 is 0. The van der Waals surface area contributed by atoms with Gasteiger partial charge in [0.1, 0.15) is 18.0 Å². The van der Waals surface area contributed by atoms with Crippen molar-refractivity contribution in [1.82, 2.24) is 9.88 Å². The number of nitrogens with zero attached hydrogens (tertiary/aromatic N) is 4. The first-order chi connectivity index (χ1) is 15.7. The Kier molecular flexibility index (Phi) is 5.58. The number of hydrogen-bond acceptors (Lipinski definition) is 7. The van der Waals surface area contributed by atoms with Crippen LogP contribution in [-0.2, 0) is 9.57 Å². The number of benzene rings is 2. The molecule has 0 saturated carbocycles. The highest BCUT2D eigenvalue weighted by atomic mass is 16.6. The first-order valence-corrected chi connectivity index (χ1v) is 10.7. The van der Waals surface area contributed by atoms with Crippen LogP contribution < -0.4 is 0 Å². The number of aliphatic imine (C=N–C) groups is 1. The van der Waals surface area contributed by atoms with E-state index in [-0.39, 0.29) is 5.88 Å². The summed E-state index contributed by atoms with van der Waals surface area (Å²) in [5.74, 6) is -0.0123. The number of aromatic nitrogens is 1. The maximum atomic E-state index is 10.7. The topological polar surface area (TPSA) is 106 Å². The van der Waals surface area contributed by atoms with Gasteiger partial charge in [-0.15, -0.1) is 0 Å². The summed E-state index contributed by atoms with van der Waals surface area (Å²) in [6.45, 7) is 4.87. The van der Waals surface area contributed by atoms with E-state index in [9.17, 15) is 10.4 Å². The van der Waals surface area contributed by atoms with E-state index in [2.05, 4.69) is 21.1 Å². The molecular weight excluding hydrogens is 406 g/mol. The molecule has 2 N–H and O–H groups in total. The molecule has 1 fully saturated rings. The number of rotatable bonds is 6.